The highest BCUT2D eigenvalue weighted by Crippen LogP contribution is 2.34. The van der Waals surface area contributed by atoms with E-state index in [1.165, 1.54) is 25.1 Å². The van der Waals surface area contributed by atoms with E-state index < -0.39 is 11.8 Å². The van der Waals surface area contributed by atoms with Gasteiger partial charge in [-0.2, -0.15) is 0 Å². The molecule has 3 amide bonds. The van der Waals surface area contributed by atoms with Gasteiger partial charge in [0, 0.05) is 37.8 Å². The van der Waals surface area contributed by atoms with Gasteiger partial charge in [-0.05, 0) is 36.6 Å². The summed E-state index contributed by atoms with van der Waals surface area (Å²) in [5.74, 6) is -0.848. The van der Waals surface area contributed by atoms with Crippen molar-refractivity contribution >= 4 is 23.3 Å². The van der Waals surface area contributed by atoms with Gasteiger partial charge < -0.3 is 20.7 Å². The molecule has 0 unspecified atom stereocenters. The van der Waals surface area contributed by atoms with Crippen LogP contribution in [0.4, 0.5) is 20.6 Å². The lowest BCUT2D eigenvalue weighted by atomic mass is 9.74. The first-order chi connectivity index (χ1) is 13.5. The second-order valence-electron chi connectivity index (χ2n) is 6.94. The van der Waals surface area contributed by atoms with Crippen LogP contribution in [0.5, 0.6) is 0 Å². The Morgan fingerprint density at radius 2 is 1.79 bits per heavy atom. The number of hydrogen-bond acceptors (Lipinski definition) is 3. The van der Waals surface area contributed by atoms with Crippen molar-refractivity contribution in [3.8, 4) is 0 Å². The number of hydrogen-bond donors (Lipinski definition) is 3. The quantitative estimate of drug-likeness (QED) is 0.735. The van der Waals surface area contributed by atoms with Crippen LogP contribution < -0.4 is 16.0 Å². The van der Waals surface area contributed by atoms with Gasteiger partial charge in [0.1, 0.15) is 5.82 Å². The third-order valence-corrected chi connectivity index (χ3v) is 4.96. The standard InChI is InChI=1S/C21H24FN3O3/c1-15(26)24-17-7-8-18(22)19(13-17)25-20(27)23-14-21(9-11-28-12-10-21)16-5-3-2-4-6-16/h2-8,13H,9-12,14H2,1H3,(H,24,26)(H2,23,25,27). The molecule has 0 aromatic heterocycles. The molecule has 7 heteroatoms. The fraction of sp³-hybridized carbons (Fsp3) is 0.333. The minimum atomic E-state index is -0.576. The third kappa shape index (κ3) is 4.86. The Morgan fingerprint density at radius 3 is 2.46 bits per heavy atom. The van der Waals surface area contributed by atoms with Gasteiger partial charge in [-0.15, -0.1) is 0 Å². The Bertz CT molecular complexity index is 836. The predicted molar refractivity (Wildman–Crippen MR) is 106 cm³/mol. The molecular weight excluding hydrogens is 361 g/mol. The average Bonchev–Trinajstić information content (AvgIpc) is 2.70. The lowest BCUT2D eigenvalue weighted by Gasteiger charge is -2.38. The van der Waals surface area contributed by atoms with Gasteiger partial charge >= 0.3 is 6.03 Å². The Hall–Kier alpha value is -2.93. The molecule has 1 heterocycles. The van der Waals surface area contributed by atoms with E-state index >= 15 is 0 Å². The molecule has 0 radical (unpaired) electrons. The maximum atomic E-state index is 14.0. The van der Waals surface area contributed by atoms with Gasteiger partial charge in [0.2, 0.25) is 5.91 Å². The molecule has 0 aliphatic carbocycles. The normalized spacial score (nSPS) is 15.5. The molecular formula is C21H24FN3O3. The molecule has 1 aliphatic rings. The van der Waals surface area contributed by atoms with Crippen LogP contribution in [0, 0.1) is 5.82 Å². The van der Waals surface area contributed by atoms with E-state index in [1.54, 1.807) is 0 Å². The number of nitrogens with one attached hydrogen (secondary N) is 3. The molecule has 6 nitrogen and oxygen atoms in total. The summed E-state index contributed by atoms with van der Waals surface area (Å²) < 4.78 is 19.5. The van der Waals surface area contributed by atoms with Crippen LogP contribution in [0.15, 0.2) is 48.5 Å². The minimum Gasteiger partial charge on any atom is -0.381 e. The van der Waals surface area contributed by atoms with Crippen molar-refractivity contribution in [3.63, 3.8) is 0 Å². The van der Waals surface area contributed by atoms with Crippen molar-refractivity contribution in [3.05, 3.63) is 59.9 Å². The van der Waals surface area contributed by atoms with Crippen LogP contribution in [0.2, 0.25) is 0 Å². The first-order valence-electron chi connectivity index (χ1n) is 9.24. The van der Waals surface area contributed by atoms with Crippen LogP contribution in [0.1, 0.15) is 25.3 Å². The highest BCUT2D eigenvalue weighted by molar-refractivity contribution is 5.92. The molecule has 2 aromatic rings. The first-order valence-corrected chi connectivity index (χ1v) is 9.24. The maximum Gasteiger partial charge on any atom is 0.319 e. The average molecular weight is 385 g/mol. The van der Waals surface area contributed by atoms with Gasteiger partial charge in [-0.3, -0.25) is 4.79 Å². The number of halogens is 1. The van der Waals surface area contributed by atoms with Crippen molar-refractivity contribution in [2.45, 2.75) is 25.2 Å². The maximum absolute atomic E-state index is 14.0. The minimum absolute atomic E-state index is 0.00416. The van der Waals surface area contributed by atoms with Crippen LogP contribution in [0.25, 0.3) is 0 Å². The predicted octanol–water partition coefficient (Wildman–Crippen LogP) is 3.65. The van der Waals surface area contributed by atoms with Crippen LogP contribution in [0.3, 0.4) is 0 Å². The molecule has 3 rings (SSSR count). The molecule has 1 aliphatic heterocycles. The third-order valence-electron chi connectivity index (χ3n) is 4.96. The Kier molecular flexibility index (Phi) is 6.26. The summed E-state index contributed by atoms with van der Waals surface area (Å²) in [6, 6.07) is 13.6. The molecule has 0 spiro atoms. The number of urea groups is 1. The fourth-order valence-electron chi connectivity index (χ4n) is 3.44. The molecule has 1 saturated heterocycles. The summed E-state index contributed by atoms with van der Waals surface area (Å²) >= 11 is 0. The van der Waals surface area contributed by atoms with Crippen molar-refractivity contribution in [1.29, 1.82) is 0 Å². The number of carbonyl (C=O) groups excluding carboxylic acids is 2. The fourth-order valence-corrected chi connectivity index (χ4v) is 3.44. The van der Waals surface area contributed by atoms with Crippen LogP contribution >= 0.6 is 0 Å². The first kappa shape index (κ1) is 19.8. The Labute approximate surface area is 163 Å². The van der Waals surface area contributed by atoms with Gasteiger partial charge in [0.15, 0.2) is 0 Å². The van der Waals surface area contributed by atoms with E-state index in [2.05, 4.69) is 28.1 Å². The van der Waals surface area contributed by atoms with Crippen LogP contribution in [-0.2, 0) is 14.9 Å². The largest absolute Gasteiger partial charge is 0.381 e. The lowest BCUT2D eigenvalue weighted by molar-refractivity contribution is -0.114. The van der Waals surface area contributed by atoms with E-state index in [9.17, 15) is 14.0 Å². The number of ether oxygens (including phenoxy) is 1. The summed E-state index contributed by atoms with van der Waals surface area (Å²) in [5, 5.41) is 7.96. The SMILES string of the molecule is CC(=O)Nc1ccc(F)c(NC(=O)NCC2(c3ccccc3)CCOCC2)c1. The zero-order valence-electron chi connectivity index (χ0n) is 15.8. The number of rotatable bonds is 5. The molecule has 2 aromatic carbocycles. The summed E-state index contributed by atoms with van der Waals surface area (Å²) in [6.07, 6.45) is 1.59. The Morgan fingerprint density at radius 1 is 1.07 bits per heavy atom. The van der Waals surface area contributed by atoms with E-state index in [4.69, 9.17) is 4.74 Å². The van der Waals surface area contributed by atoms with Crippen molar-refractivity contribution in [1.82, 2.24) is 5.32 Å². The second-order valence-corrected chi connectivity index (χ2v) is 6.94. The lowest BCUT2D eigenvalue weighted by Crippen LogP contribution is -2.45. The highest BCUT2D eigenvalue weighted by atomic mass is 19.1. The summed E-state index contributed by atoms with van der Waals surface area (Å²) in [7, 11) is 0. The molecule has 148 valence electrons. The monoisotopic (exact) mass is 385 g/mol. The van der Waals surface area contributed by atoms with E-state index in [-0.39, 0.29) is 17.0 Å². The number of anilines is 2. The summed E-state index contributed by atoms with van der Waals surface area (Å²) in [5.41, 5.74) is 1.35. The molecule has 3 N–H and O–H groups in total. The van der Waals surface area contributed by atoms with Crippen molar-refractivity contribution < 1.29 is 18.7 Å². The van der Waals surface area contributed by atoms with Gasteiger partial charge in [-0.1, -0.05) is 30.3 Å². The number of amides is 3. The van der Waals surface area contributed by atoms with Crippen molar-refractivity contribution in [2.75, 3.05) is 30.4 Å². The van der Waals surface area contributed by atoms with E-state index in [0.29, 0.717) is 25.4 Å². The smallest absolute Gasteiger partial charge is 0.319 e. The second kappa shape index (κ2) is 8.84. The molecule has 28 heavy (non-hydrogen) atoms. The molecule has 1 fully saturated rings. The number of carbonyl (C=O) groups is 2. The van der Waals surface area contributed by atoms with Gasteiger partial charge in [0.05, 0.1) is 5.69 Å². The highest BCUT2D eigenvalue weighted by Gasteiger charge is 2.34. The van der Waals surface area contributed by atoms with Crippen molar-refractivity contribution in [2.24, 2.45) is 0 Å². The Balaban J connectivity index is 1.68. The zero-order valence-corrected chi connectivity index (χ0v) is 15.8. The zero-order chi connectivity index (χ0) is 20.0. The molecule has 0 bridgehead atoms. The van der Waals surface area contributed by atoms with Gasteiger partial charge in [0.25, 0.3) is 0 Å². The molecule has 0 atom stereocenters. The van der Waals surface area contributed by atoms with E-state index in [1.807, 2.05) is 18.2 Å². The summed E-state index contributed by atoms with van der Waals surface area (Å²) in [6.45, 7) is 3.04. The van der Waals surface area contributed by atoms with E-state index in [0.717, 1.165) is 18.4 Å². The number of benzene rings is 2. The van der Waals surface area contributed by atoms with Crippen LogP contribution in [-0.4, -0.2) is 31.7 Å². The topological polar surface area (TPSA) is 79.5 Å². The summed E-state index contributed by atoms with van der Waals surface area (Å²) in [4.78, 5) is 23.6. The van der Waals surface area contributed by atoms with Gasteiger partial charge in [-0.25, -0.2) is 9.18 Å². The molecule has 0 saturated carbocycles.